The van der Waals surface area contributed by atoms with E-state index in [0.717, 1.165) is 128 Å². The van der Waals surface area contributed by atoms with E-state index in [1.54, 1.807) is 0 Å². The summed E-state index contributed by atoms with van der Waals surface area (Å²) >= 11 is 0. The topological polar surface area (TPSA) is 78.9 Å². The number of unbranched alkanes of at least 4 members (excludes halogenated alkanes) is 22. The number of hydrogen-bond donors (Lipinski definition) is 0. The highest BCUT2D eigenvalue weighted by Crippen LogP contribution is 2.14. The first kappa shape index (κ1) is 77.0. The van der Waals surface area contributed by atoms with Gasteiger partial charge in [-0.3, -0.25) is 14.4 Å². The lowest BCUT2D eigenvalue weighted by atomic mass is 10.1. The van der Waals surface area contributed by atoms with Crippen molar-refractivity contribution in [1.29, 1.82) is 0 Å². The van der Waals surface area contributed by atoms with Gasteiger partial charge in [0.1, 0.15) is 13.2 Å². The second-order valence-electron chi connectivity index (χ2n) is 21.6. The first-order valence-electron chi connectivity index (χ1n) is 33.5. The Morgan fingerprint density at radius 2 is 0.488 bits per heavy atom. The van der Waals surface area contributed by atoms with Gasteiger partial charge in [0.25, 0.3) is 0 Å². The van der Waals surface area contributed by atoms with Crippen molar-refractivity contribution in [1.82, 2.24) is 0 Å². The Morgan fingerprint density at radius 3 is 0.817 bits per heavy atom. The molecular formula is C76H122O6. The molecule has 6 nitrogen and oxygen atoms in total. The smallest absolute Gasteiger partial charge is 0.306 e. The normalized spacial score (nSPS) is 13.2. The monoisotopic (exact) mass is 1130 g/mol. The Balaban J connectivity index is 4.51. The molecule has 0 aliphatic carbocycles. The van der Waals surface area contributed by atoms with E-state index in [9.17, 15) is 14.4 Å². The van der Waals surface area contributed by atoms with Crippen molar-refractivity contribution in [2.45, 2.75) is 290 Å². The van der Waals surface area contributed by atoms with Gasteiger partial charge in [-0.05, 0) is 148 Å². The average molecular weight is 1130 g/mol. The minimum atomic E-state index is -0.818. The summed E-state index contributed by atoms with van der Waals surface area (Å²) in [6.07, 6.45) is 99.6. The van der Waals surface area contributed by atoms with Crippen LogP contribution in [0.2, 0.25) is 0 Å². The first-order chi connectivity index (χ1) is 40.5. The van der Waals surface area contributed by atoms with Crippen LogP contribution in [0.15, 0.2) is 158 Å². The summed E-state index contributed by atoms with van der Waals surface area (Å²) in [5, 5.41) is 0. The van der Waals surface area contributed by atoms with Crippen molar-refractivity contribution >= 4 is 17.9 Å². The number of allylic oxidation sites excluding steroid dienone is 26. The number of carbonyl (C=O) groups excluding carboxylic acids is 3. The van der Waals surface area contributed by atoms with Gasteiger partial charge >= 0.3 is 17.9 Å². The molecule has 82 heavy (non-hydrogen) atoms. The van der Waals surface area contributed by atoms with E-state index in [1.807, 2.05) is 0 Å². The van der Waals surface area contributed by atoms with E-state index in [0.29, 0.717) is 19.3 Å². The van der Waals surface area contributed by atoms with E-state index in [2.05, 4.69) is 179 Å². The highest BCUT2D eigenvalue weighted by atomic mass is 16.6. The largest absolute Gasteiger partial charge is 0.462 e. The molecule has 0 heterocycles. The number of carbonyl (C=O) groups is 3. The zero-order chi connectivity index (χ0) is 59.2. The molecule has 1 unspecified atom stereocenters. The zero-order valence-electron chi connectivity index (χ0n) is 52.9. The lowest BCUT2D eigenvalue weighted by Gasteiger charge is -2.18. The van der Waals surface area contributed by atoms with Crippen LogP contribution in [-0.2, 0) is 28.6 Å². The minimum Gasteiger partial charge on any atom is -0.462 e. The van der Waals surface area contributed by atoms with Crippen LogP contribution in [0.3, 0.4) is 0 Å². The van der Waals surface area contributed by atoms with Crippen LogP contribution >= 0.6 is 0 Å². The molecule has 0 spiro atoms. The van der Waals surface area contributed by atoms with Gasteiger partial charge in [-0.2, -0.15) is 0 Å². The molecule has 0 aliphatic heterocycles. The summed E-state index contributed by atoms with van der Waals surface area (Å²) in [7, 11) is 0. The third-order valence-electron chi connectivity index (χ3n) is 13.7. The standard InChI is InChI=1S/C76H122O6/c1-4-7-10-13-16-19-22-25-28-31-33-34-35-36-37-38-39-40-41-42-43-46-48-51-54-57-60-63-66-69-75(78)81-72-73(71-80-74(77)68-65-62-59-56-53-50-47-44-30-27-24-21-18-15-12-9-6-3)82-76(79)70-67-64-61-58-55-52-49-45-32-29-26-23-20-17-14-11-8-5-2/h7,10,16,18-21,23,25,27-30,32-34,36-37,39-40,42-43,48,51,57,60,73H,4-6,8-9,11-15,17,22,24,26,31,35,38,41,44-47,49-50,52-56,58-59,61-72H2,1-3H3/b10-7-,19-16-,21-18-,23-20-,28-25-,30-27-,32-29-,34-33-,37-36-,40-39-,43-42-,51-48-,60-57-. The maximum absolute atomic E-state index is 12.9. The Bertz CT molecular complexity index is 1830. The molecule has 0 aliphatic rings. The fraction of sp³-hybridized carbons (Fsp3) is 0.618. The van der Waals surface area contributed by atoms with Crippen molar-refractivity contribution in [2.24, 2.45) is 0 Å². The summed E-state index contributed by atoms with van der Waals surface area (Å²) in [6.45, 7) is 6.43. The Morgan fingerprint density at radius 1 is 0.256 bits per heavy atom. The predicted molar refractivity (Wildman–Crippen MR) is 357 cm³/mol. The summed E-state index contributed by atoms with van der Waals surface area (Å²) in [6, 6.07) is 0. The molecule has 0 aromatic rings. The average Bonchev–Trinajstić information content (AvgIpc) is 3.47. The Kier molecular flexibility index (Phi) is 64.4. The van der Waals surface area contributed by atoms with Crippen molar-refractivity contribution in [3.8, 4) is 0 Å². The van der Waals surface area contributed by atoms with Crippen LogP contribution in [0, 0.1) is 0 Å². The number of rotatable bonds is 59. The van der Waals surface area contributed by atoms with Crippen molar-refractivity contribution < 1.29 is 28.6 Å². The van der Waals surface area contributed by atoms with E-state index in [1.165, 1.54) is 109 Å². The van der Waals surface area contributed by atoms with Gasteiger partial charge < -0.3 is 14.2 Å². The van der Waals surface area contributed by atoms with Gasteiger partial charge in [-0.1, -0.05) is 275 Å². The quantitative estimate of drug-likeness (QED) is 0.0261. The van der Waals surface area contributed by atoms with Gasteiger partial charge in [0, 0.05) is 19.3 Å². The first-order valence-corrected chi connectivity index (χ1v) is 33.5. The molecule has 0 radical (unpaired) electrons. The lowest BCUT2D eigenvalue weighted by molar-refractivity contribution is -0.167. The fourth-order valence-electron chi connectivity index (χ4n) is 8.74. The van der Waals surface area contributed by atoms with Crippen LogP contribution in [0.1, 0.15) is 284 Å². The van der Waals surface area contributed by atoms with Crippen LogP contribution in [0.4, 0.5) is 0 Å². The maximum Gasteiger partial charge on any atom is 0.306 e. The summed E-state index contributed by atoms with van der Waals surface area (Å²) in [5.74, 6) is -0.986. The molecule has 1 atom stereocenters. The summed E-state index contributed by atoms with van der Waals surface area (Å²) < 4.78 is 16.9. The summed E-state index contributed by atoms with van der Waals surface area (Å²) in [4.78, 5) is 38.4. The van der Waals surface area contributed by atoms with Gasteiger partial charge in [0.15, 0.2) is 6.10 Å². The molecule has 0 N–H and O–H groups in total. The molecular weight excluding hydrogens is 1010 g/mol. The molecule has 0 bridgehead atoms. The highest BCUT2D eigenvalue weighted by Gasteiger charge is 2.19. The molecule has 462 valence electrons. The molecule has 0 fully saturated rings. The van der Waals surface area contributed by atoms with Gasteiger partial charge in [-0.25, -0.2) is 0 Å². The third-order valence-corrected chi connectivity index (χ3v) is 13.7. The van der Waals surface area contributed by atoms with E-state index in [4.69, 9.17) is 14.2 Å². The predicted octanol–water partition coefficient (Wildman–Crippen LogP) is 23.3. The molecule has 6 heteroatoms. The number of ether oxygens (including phenoxy) is 3. The minimum absolute atomic E-state index is 0.109. The lowest BCUT2D eigenvalue weighted by Crippen LogP contribution is -2.30. The third kappa shape index (κ3) is 65.8. The SMILES string of the molecule is CC/C=C\C/C=C\C/C=C\C/C=C\C/C=C\C/C=C\C/C=C\C/C=C\C/C=C\CCCC(=O)OCC(COC(=O)CCCCCCCCC/C=C\C/C=C\CCCCC)OC(=O)CCCCCCCCC/C=C\C/C=C\CCCCCC. The molecule has 0 aromatic heterocycles. The van der Waals surface area contributed by atoms with Gasteiger partial charge in [-0.15, -0.1) is 0 Å². The second-order valence-corrected chi connectivity index (χ2v) is 21.6. The van der Waals surface area contributed by atoms with Crippen molar-refractivity contribution in [2.75, 3.05) is 13.2 Å². The summed E-state index contributed by atoms with van der Waals surface area (Å²) in [5.41, 5.74) is 0. The van der Waals surface area contributed by atoms with Gasteiger partial charge in [0.05, 0.1) is 0 Å². The van der Waals surface area contributed by atoms with E-state index in [-0.39, 0.29) is 37.5 Å². The van der Waals surface area contributed by atoms with Crippen LogP contribution in [-0.4, -0.2) is 37.2 Å². The number of hydrogen-bond acceptors (Lipinski definition) is 6. The Hall–Kier alpha value is -4.97. The molecule has 0 rings (SSSR count). The molecule has 0 saturated carbocycles. The van der Waals surface area contributed by atoms with E-state index < -0.39 is 6.10 Å². The van der Waals surface area contributed by atoms with Crippen LogP contribution in [0.25, 0.3) is 0 Å². The second kappa shape index (κ2) is 68.5. The van der Waals surface area contributed by atoms with Crippen molar-refractivity contribution in [3.63, 3.8) is 0 Å². The van der Waals surface area contributed by atoms with Crippen molar-refractivity contribution in [3.05, 3.63) is 158 Å². The molecule has 0 aromatic carbocycles. The van der Waals surface area contributed by atoms with E-state index >= 15 is 0 Å². The maximum atomic E-state index is 12.9. The van der Waals surface area contributed by atoms with Gasteiger partial charge in [0.2, 0.25) is 0 Å². The molecule has 0 amide bonds. The molecule has 0 saturated heterocycles. The fourth-order valence-corrected chi connectivity index (χ4v) is 8.74. The Labute approximate surface area is 505 Å². The zero-order valence-corrected chi connectivity index (χ0v) is 52.9. The number of esters is 3. The van der Waals surface area contributed by atoms with Crippen LogP contribution in [0.5, 0.6) is 0 Å². The highest BCUT2D eigenvalue weighted by molar-refractivity contribution is 5.71. The van der Waals surface area contributed by atoms with Crippen LogP contribution < -0.4 is 0 Å².